The van der Waals surface area contributed by atoms with Crippen molar-refractivity contribution in [2.24, 2.45) is 0 Å². The van der Waals surface area contributed by atoms with Crippen LogP contribution in [0.4, 0.5) is 11.4 Å². The molecular weight excluding hydrogens is 394 g/mol. The fraction of sp³-hybridized carbons (Fsp3) is 0.200. The van der Waals surface area contributed by atoms with Crippen molar-refractivity contribution in [3.63, 3.8) is 0 Å². The average Bonchev–Trinajstić information content (AvgIpc) is 2.72. The van der Waals surface area contributed by atoms with Crippen LogP contribution in [0.5, 0.6) is 5.75 Å². The first-order chi connectivity index (χ1) is 13.7. The zero-order valence-corrected chi connectivity index (χ0v) is 17.1. The van der Waals surface area contributed by atoms with Gasteiger partial charge in [-0.1, -0.05) is 18.2 Å². The van der Waals surface area contributed by atoms with Gasteiger partial charge in [0.1, 0.15) is 11.4 Å². The molecule has 0 amide bonds. The molecule has 152 valence electrons. The molecule has 0 radical (unpaired) electrons. The number of rotatable bonds is 7. The highest BCUT2D eigenvalue weighted by atomic mass is 32.2. The van der Waals surface area contributed by atoms with E-state index in [0.29, 0.717) is 12.2 Å². The third-order valence-corrected chi connectivity index (χ3v) is 6.08. The standard InChI is InChI=1S/C20H21N3O5S/c1-21-29(26,27)18-8-9-19(20(12-18)23(24)25)22(2)13-14-4-5-16-11-17(28-3)7-6-15(16)10-14/h4-12,21H,13H2,1-3H3. The number of sulfonamides is 1. The number of hydrogen-bond acceptors (Lipinski definition) is 6. The maximum atomic E-state index is 12.0. The minimum atomic E-state index is -3.77. The Morgan fingerprint density at radius 3 is 2.41 bits per heavy atom. The fourth-order valence-corrected chi connectivity index (χ4v) is 3.86. The van der Waals surface area contributed by atoms with Gasteiger partial charge in [-0.05, 0) is 53.7 Å². The number of nitro groups is 1. The summed E-state index contributed by atoms with van der Waals surface area (Å²) in [5.74, 6) is 0.773. The molecular formula is C20H21N3O5S. The number of nitro benzene ring substituents is 1. The molecule has 9 heteroatoms. The summed E-state index contributed by atoms with van der Waals surface area (Å²) in [4.78, 5) is 12.5. The van der Waals surface area contributed by atoms with Gasteiger partial charge < -0.3 is 9.64 Å². The van der Waals surface area contributed by atoms with Crippen molar-refractivity contribution >= 4 is 32.2 Å². The molecule has 0 aromatic heterocycles. The average molecular weight is 415 g/mol. The maximum Gasteiger partial charge on any atom is 0.293 e. The Labute approximate surface area is 168 Å². The number of hydrogen-bond donors (Lipinski definition) is 1. The van der Waals surface area contributed by atoms with Crippen LogP contribution < -0.4 is 14.4 Å². The van der Waals surface area contributed by atoms with Crippen molar-refractivity contribution in [3.8, 4) is 5.75 Å². The Kier molecular flexibility index (Phi) is 5.71. The predicted molar refractivity (Wildman–Crippen MR) is 112 cm³/mol. The first-order valence-corrected chi connectivity index (χ1v) is 10.2. The first-order valence-electron chi connectivity index (χ1n) is 8.75. The molecule has 3 aromatic carbocycles. The predicted octanol–water partition coefficient (Wildman–Crippen LogP) is 3.30. The number of benzene rings is 3. The molecule has 3 rings (SSSR count). The van der Waals surface area contributed by atoms with Crippen molar-refractivity contribution in [1.29, 1.82) is 0 Å². The van der Waals surface area contributed by atoms with Gasteiger partial charge in [-0.25, -0.2) is 13.1 Å². The summed E-state index contributed by atoms with van der Waals surface area (Å²) in [5.41, 5.74) is 1.03. The second kappa shape index (κ2) is 8.06. The number of anilines is 1. The van der Waals surface area contributed by atoms with E-state index in [9.17, 15) is 18.5 Å². The van der Waals surface area contributed by atoms with E-state index in [-0.39, 0.29) is 10.6 Å². The topological polar surface area (TPSA) is 102 Å². The van der Waals surface area contributed by atoms with E-state index in [4.69, 9.17) is 4.74 Å². The second-order valence-electron chi connectivity index (χ2n) is 6.52. The van der Waals surface area contributed by atoms with E-state index in [1.807, 2.05) is 36.4 Å². The zero-order valence-electron chi connectivity index (χ0n) is 16.2. The summed E-state index contributed by atoms with van der Waals surface area (Å²) in [6.07, 6.45) is 0. The van der Waals surface area contributed by atoms with Gasteiger partial charge in [0.25, 0.3) is 5.69 Å². The molecule has 0 aliphatic rings. The van der Waals surface area contributed by atoms with E-state index in [1.54, 1.807) is 19.1 Å². The van der Waals surface area contributed by atoms with E-state index in [2.05, 4.69) is 4.72 Å². The number of methoxy groups -OCH3 is 1. The van der Waals surface area contributed by atoms with Gasteiger partial charge in [-0.15, -0.1) is 0 Å². The Morgan fingerprint density at radius 1 is 1.07 bits per heavy atom. The van der Waals surface area contributed by atoms with Crippen molar-refractivity contribution in [1.82, 2.24) is 4.72 Å². The molecule has 0 atom stereocenters. The summed E-state index contributed by atoms with van der Waals surface area (Å²) in [5, 5.41) is 13.6. The molecule has 0 aliphatic heterocycles. The largest absolute Gasteiger partial charge is 0.497 e. The molecule has 0 heterocycles. The number of fused-ring (bicyclic) bond motifs is 1. The van der Waals surface area contributed by atoms with Gasteiger partial charge in [0, 0.05) is 19.7 Å². The van der Waals surface area contributed by atoms with E-state index in [0.717, 1.165) is 28.2 Å². The van der Waals surface area contributed by atoms with Crippen molar-refractivity contribution < 1.29 is 18.1 Å². The summed E-state index contributed by atoms with van der Waals surface area (Å²) in [7, 11) is 0.836. The van der Waals surface area contributed by atoms with Gasteiger partial charge in [-0.2, -0.15) is 0 Å². The van der Waals surface area contributed by atoms with Crippen LogP contribution in [0.3, 0.4) is 0 Å². The quantitative estimate of drug-likeness (QED) is 0.469. The van der Waals surface area contributed by atoms with Crippen LogP contribution in [0.2, 0.25) is 0 Å². The van der Waals surface area contributed by atoms with Gasteiger partial charge in [0.15, 0.2) is 0 Å². The summed E-state index contributed by atoms with van der Waals surface area (Å²) in [6.45, 7) is 0.418. The lowest BCUT2D eigenvalue weighted by Crippen LogP contribution is -2.20. The van der Waals surface area contributed by atoms with E-state index >= 15 is 0 Å². The third-order valence-electron chi connectivity index (χ3n) is 4.67. The summed E-state index contributed by atoms with van der Waals surface area (Å²) in [6, 6.07) is 15.6. The smallest absolute Gasteiger partial charge is 0.293 e. The molecule has 0 spiro atoms. The molecule has 0 unspecified atom stereocenters. The molecule has 8 nitrogen and oxygen atoms in total. The Hall–Kier alpha value is -3.17. The van der Waals surface area contributed by atoms with Crippen LogP contribution in [0, 0.1) is 10.1 Å². The lowest BCUT2D eigenvalue weighted by atomic mass is 10.1. The van der Waals surface area contributed by atoms with Crippen LogP contribution in [-0.2, 0) is 16.6 Å². The van der Waals surface area contributed by atoms with E-state index < -0.39 is 14.9 Å². The Morgan fingerprint density at radius 2 is 1.76 bits per heavy atom. The molecule has 0 bridgehead atoms. The zero-order chi connectivity index (χ0) is 21.2. The molecule has 0 aliphatic carbocycles. The third kappa shape index (κ3) is 4.30. The van der Waals surface area contributed by atoms with Gasteiger partial charge >= 0.3 is 0 Å². The van der Waals surface area contributed by atoms with Crippen molar-refractivity contribution in [3.05, 3.63) is 70.3 Å². The fourth-order valence-electron chi connectivity index (χ4n) is 3.11. The van der Waals surface area contributed by atoms with Crippen molar-refractivity contribution in [2.75, 3.05) is 26.1 Å². The normalized spacial score (nSPS) is 11.4. The molecule has 1 N–H and O–H groups in total. The van der Waals surface area contributed by atoms with E-state index in [1.165, 1.54) is 19.2 Å². The highest BCUT2D eigenvalue weighted by Crippen LogP contribution is 2.31. The highest BCUT2D eigenvalue weighted by molar-refractivity contribution is 7.89. The summed E-state index contributed by atoms with van der Waals surface area (Å²) >= 11 is 0. The molecule has 29 heavy (non-hydrogen) atoms. The molecule has 3 aromatic rings. The Bertz CT molecular complexity index is 1180. The highest BCUT2D eigenvalue weighted by Gasteiger charge is 2.22. The number of ether oxygens (including phenoxy) is 1. The van der Waals surface area contributed by atoms with Gasteiger partial charge in [0.2, 0.25) is 10.0 Å². The minimum Gasteiger partial charge on any atom is -0.497 e. The first kappa shape index (κ1) is 20.6. The minimum absolute atomic E-state index is 0.150. The maximum absolute atomic E-state index is 12.0. The second-order valence-corrected chi connectivity index (χ2v) is 8.41. The summed E-state index contributed by atoms with van der Waals surface area (Å²) < 4.78 is 31.3. The molecule has 0 saturated heterocycles. The van der Waals surface area contributed by atoms with Gasteiger partial charge in [-0.3, -0.25) is 10.1 Å². The lowest BCUT2D eigenvalue weighted by Gasteiger charge is -2.20. The number of nitrogens with one attached hydrogen (secondary N) is 1. The van der Waals surface area contributed by atoms with Crippen LogP contribution in [0.25, 0.3) is 10.8 Å². The lowest BCUT2D eigenvalue weighted by molar-refractivity contribution is -0.384. The molecule has 0 fully saturated rings. The van der Waals surface area contributed by atoms with Gasteiger partial charge in [0.05, 0.1) is 16.9 Å². The van der Waals surface area contributed by atoms with Crippen LogP contribution in [0.15, 0.2) is 59.5 Å². The Balaban J connectivity index is 1.93. The van der Waals surface area contributed by atoms with Crippen molar-refractivity contribution in [2.45, 2.75) is 11.4 Å². The van der Waals surface area contributed by atoms with Crippen LogP contribution in [-0.4, -0.2) is 34.5 Å². The van der Waals surface area contributed by atoms with Crippen LogP contribution >= 0.6 is 0 Å². The monoisotopic (exact) mass is 415 g/mol. The molecule has 0 saturated carbocycles. The SMILES string of the molecule is CNS(=O)(=O)c1ccc(N(C)Cc2ccc3cc(OC)ccc3c2)c([N+](=O)[O-])c1. The number of nitrogens with zero attached hydrogens (tertiary/aromatic N) is 2. The van der Waals surface area contributed by atoms with Crippen LogP contribution in [0.1, 0.15) is 5.56 Å².